The van der Waals surface area contributed by atoms with Crippen LogP contribution in [0.2, 0.25) is 0 Å². The van der Waals surface area contributed by atoms with Crippen LogP contribution >= 0.6 is 0 Å². The number of methoxy groups -OCH3 is 2. The van der Waals surface area contributed by atoms with Crippen molar-refractivity contribution in [3.05, 3.63) is 53.3 Å². The Morgan fingerprint density at radius 3 is 2.22 bits per heavy atom. The molecule has 1 aliphatic heterocycles. The number of anilines is 1. The van der Waals surface area contributed by atoms with E-state index in [0.717, 1.165) is 5.56 Å². The highest BCUT2D eigenvalue weighted by Crippen LogP contribution is 2.38. The average Bonchev–Trinajstić information content (AvgIpc) is 2.67. The van der Waals surface area contributed by atoms with Crippen molar-refractivity contribution in [1.29, 1.82) is 0 Å². The van der Waals surface area contributed by atoms with Gasteiger partial charge in [-0.2, -0.15) is 0 Å². The molecule has 1 N–H and O–H groups in total. The number of hydrogen-bond acceptors (Lipinski definition) is 5. The van der Waals surface area contributed by atoms with Crippen molar-refractivity contribution in [3.8, 4) is 11.5 Å². The van der Waals surface area contributed by atoms with Crippen LogP contribution in [-0.2, 0) is 5.60 Å². The first kappa shape index (κ1) is 19.2. The molecule has 2 aromatic rings. The first-order chi connectivity index (χ1) is 12.9. The number of ketones is 1. The van der Waals surface area contributed by atoms with Crippen molar-refractivity contribution in [2.24, 2.45) is 0 Å². The summed E-state index contributed by atoms with van der Waals surface area (Å²) >= 11 is 0. The normalized spacial score (nSPS) is 16.1. The summed E-state index contributed by atoms with van der Waals surface area (Å²) in [6.45, 7) is 2.37. The molecule has 0 aliphatic carbocycles. The summed E-state index contributed by atoms with van der Waals surface area (Å²) < 4.78 is 24.7. The molecule has 0 amide bonds. The molecule has 27 heavy (non-hydrogen) atoms. The van der Waals surface area contributed by atoms with Gasteiger partial charge in [0.2, 0.25) is 0 Å². The third kappa shape index (κ3) is 3.76. The van der Waals surface area contributed by atoms with E-state index in [1.807, 2.05) is 4.90 Å². The van der Waals surface area contributed by atoms with E-state index in [1.54, 1.807) is 44.6 Å². The van der Waals surface area contributed by atoms with E-state index in [4.69, 9.17) is 9.47 Å². The van der Waals surface area contributed by atoms with Crippen molar-refractivity contribution in [2.45, 2.75) is 25.4 Å². The van der Waals surface area contributed by atoms with Crippen LogP contribution in [0.1, 0.15) is 35.7 Å². The fraction of sp³-hybridized carbons (Fsp3) is 0.381. The van der Waals surface area contributed by atoms with E-state index in [-0.39, 0.29) is 11.3 Å². The topological polar surface area (TPSA) is 59.0 Å². The maximum atomic E-state index is 14.1. The van der Waals surface area contributed by atoms with Crippen LogP contribution < -0.4 is 14.4 Å². The zero-order valence-corrected chi connectivity index (χ0v) is 15.8. The lowest BCUT2D eigenvalue weighted by Crippen LogP contribution is -2.43. The number of Topliss-reactive ketones (excluding diaryl/α,β-unsaturated/α-hetero) is 1. The minimum atomic E-state index is -1.04. The second-order valence-electron chi connectivity index (χ2n) is 6.81. The Morgan fingerprint density at radius 1 is 1.11 bits per heavy atom. The van der Waals surface area contributed by atoms with E-state index < -0.39 is 11.4 Å². The summed E-state index contributed by atoms with van der Waals surface area (Å²) in [5.41, 5.74) is 0.366. The predicted molar refractivity (Wildman–Crippen MR) is 101 cm³/mol. The standard InChI is InChI=1S/C21H24FNO4/c1-14(24)20-18(22)5-4-6-19(20)23-9-7-21(25,8-10-23)15-11-16(26-2)13-17(12-15)27-3/h4-6,11-13,25H,7-10H2,1-3H3. The molecule has 6 heteroatoms. The van der Waals surface area contributed by atoms with Gasteiger partial charge in [-0.1, -0.05) is 6.07 Å². The SMILES string of the molecule is COc1cc(OC)cc(C2(O)CCN(c3cccc(F)c3C(C)=O)CC2)c1. The van der Waals surface area contributed by atoms with Crippen LogP contribution in [-0.4, -0.2) is 38.2 Å². The number of rotatable bonds is 5. The number of aliphatic hydroxyl groups is 1. The Bertz CT molecular complexity index is 822. The molecule has 2 aromatic carbocycles. The number of halogens is 1. The van der Waals surface area contributed by atoms with Gasteiger partial charge in [0.05, 0.1) is 31.1 Å². The Balaban J connectivity index is 1.85. The Hall–Kier alpha value is -2.60. The quantitative estimate of drug-likeness (QED) is 0.813. The molecule has 3 rings (SSSR count). The first-order valence-corrected chi connectivity index (χ1v) is 8.88. The van der Waals surface area contributed by atoms with Gasteiger partial charge in [-0.25, -0.2) is 4.39 Å². The molecule has 0 bridgehead atoms. The van der Waals surface area contributed by atoms with Crippen molar-refractivity contribution in [1.82, 2.24) is 0 Å². The average molecular weight is 373 g/mol. The van der Waals surface area contributed by atoms with Gasteiger partial charge in [-0.05, 0) is 49.6 Å². The highest BCUT2D eigenvalue weighted by molar-refractivity contribution is 6.00. The van der Waals surface area contributed by atoms with Gasteiger partial charge in [0, 0.05) is 19.2 Å². The van der Waals surface area contributed by atoms with E-state index >= 15 is 0 Å². The van der Waals surface area contributed by atoms with Gasteiger partial charge >= 0.3 is 0 Å². The Kier molecular flexibility index (Phi) is 5.37. The number of nitrogens with zero attached hydrogens (tertiary/aromatic N) is 1. The summed E-state index contributed by atoms with van der Waals surface area (Å²) in [7, 11) is 3.14. The fourth-order valence-corrected chi connectivity index (χ4v) is 3.61. The molecule has 0 unspecified atom stereocenters. The minimum Gasteiger partial charge on any atom is -0.497 e. The summed E-state index contributed by atoms with van der Waals surface area (Å²) in [5.74, 6) is 0.410. The molecule has 1 heterocycles. The number of piperidine rings is 1. The Morgan fingerprint density at radius 2 is 1.70 bits per heavy atom. The van der Waals surface area contributed by atoms with Gasteiger partial charge < -0.3 is 19.5 Å². The summed E-state index contributed by atoms with van der Waals surface area (Å²) in [6, 6.07) is 10.0. The largest absolute Gasteiger partial charge is 0.497 e. The van der Waals surface area contributed by atoms with Crippen LogP contribution in [0.25, 0.3) is 0 Å². The summed E-state index contributed by atoms with van der Waals surface area (Å²) in [6.07, 6.45) is 0.883. The molecule has 0 saturated carbocycles. The van der Waals surface area contributed by atoms with E-state index in [9.17, 15) is 14.3 Å². The van der Waals surface area contributed by atoms with E-state index in [2.05, 4.69) is 0 Å². The smallest absolute Gasteiger partial charge is 0.164 e. The zero-order chi connectivity index (χ0) is 19.6. The maximum absolute atomic E-state index is 14.1. The molecular weight excluding hydrogens is 349 g/mol. The van der Waals surface area contributed by atoms with Crippen molar-refractivity contribution in [2.75, 3.05) is 32.2 Å². The number of hydrogen-bond donors (Lipinski definition) is 1. The summed E-state index contributed by atoms with van der Waals surface area (Å²) in [5, 5.41) is 11.2. The monoisotopic (exact) mass is 373 g/mol. The summed E-state index contributed by atoms with van der Waals surface area (Å²) in [4.78, 5) is 13.8. The fourth-order valence-electron chi connectivity index (χ4n) is 3.61. The Labute approximate surface area is 158 Å². The van der Waals surface area contributed by atoms with Gasteiger partial charge in [0.25, 0.3) is 0 Å². The van der Waals surface area contributed by atoms with Crippen molar-refractivity contribution in [3.63, 3.8) is 0 Å². The van der Waals surface area contributed by atoms with Gasteiger partial charge in [0.15, 0.2) is 5.78 Å². The van der Waals surface area contributed by atoms with E-state index in [1.165, 1.54) is 13.0 Å². The lowest BCUT2D eigenvalue weighted by molar-refractivity contribution is 0.0114. The molecule has 1 aliphatic rings. The second-order valence-corrected chi connectivity index (χ2v) is 6.81. The molecule has 144 valence electrons. The van der Waals surface area contributed by atoms with Crippen LogP contribution in [0.4, 0.5) is 10.1 Å². The molecule has 0 aromatic heterocycles. The van der Waals surface area contributed by atoms with Crippen molar-refractivity contribution < 1.29 is 23.8 Å². The van der Waals surface area contributed by atoms with Gasteiger partial charge in [-0.3, -0.25) is 4.79 Å². The molecule has 0 atom stereocenters. The van der Waals surface area contributed by atoms with Gasteiger partial charge in [0.1, 0.15) is 17.3 Å². The molecule has 5 nitrogen and oxygen atoms in total. The van der Waals surface area contributed by atoms with Crippen LogP contribution in [0.15, 0.2) is 36.4 Å². The predicted octanol–water partition coefficient (Wildman–Crippen LogP) is 3.53. The van der Waals surface area contributed by atoms with Crippen LogP contribution in [0.3, 0.4) is 0 Å². The highest BCUT2D eigenvalue weighted by Gasteiger charge is 2.35. The first-order valence-electron chi connectivity index (χ1n) is 8.88. The van der Waals surface area contributed by atoms with Crippen LogP contribution in [0.5, 0.6) is 11.5 Å². The zero-order valence-electron chi connectivity index (χ0n) is 15.8. The highest BCUT2D eigenvalue weighted by atomic mass is 19.1. The molecule has 0 spiro atoms. The van der Waals surface area contributed by atoms with E-state index in [0.29, 0.717) is 43.1 Å². The van der Waals surface area contributed by atoms with Crippen LogP contribution in [0, 0.1) is 5.82 Å². The maximum Gasteiger partial charge on any atom is 0.164 e. The number of carbonyl (C=O) groups excluding carboxylic acids is 1. The van der Waals surface area contributed by atoms with Crippen molar-refractivity contribution >= 4 is 11.5 Å². The number of benzene rings is 2. The molecular formula is C21H24FNO4. The third-order valence-electron chi connectivity index (χ3n) is 5.16. The molecule has 0 radical (unpaired) electrons. The minimum absolute atomic E-state index is 0.103. The number of carbonyl (C=O) groups is 1. The third-order valence-corrected chi connectivity index (χ3v) is 5.16. The molecule has 1 saturated heterocycles. The van der Waals surface area contributed by atoms with Gasteiger partial charge in [-0.15, -0.1) is 0 Å². The lowest BCUT2D eigenvalue weighted by atomic mass is 9.84. The number of ether oxygens (including phenoxy) is 2. The lowest BCUT2D eigenvalue weighted by Gasteiger charge is -2.40. The second kappa shape index (κ2) is 7.56. The molecule has 1 fully saturated rings.